The predicted molar refractivity (Wildman–Crippen MR) is 80.4 cm³/mol. The SMILES string of the molecule is CCCC1(C)C(N)C2CCCN(C(=O)OC(C)(C)C)C21. The number of carbonyl (C=O) groups is 1. The number of rotatable bonds is 2. The number of hydrogen-bond acceptors (Lipinski definition) is 3. The first kappa shape index (κ1) is 15.6. The normalized spacial score (nSPS) is 37.1. The zero-order valence-corrected chi connectivity index (χ0v) is 13.6. The molecule has 1 heterocycles. The smallest absolute Gasteiger partial charge is 0.410 e. The first-order valence-electron chi connectivity index (χ1n) is 7.96. The van der Waals surface area contributed by atoms with Gasteiger partial charge in [-0.3, -0.25) is 0 Å². The van der Waals surface area contributed by atoms with Gasteiger partial charge in [-0.2, -0.15) is 0 Å². The van der Waals surface area contributed by atoms with Crippen molar-refractivity contribution in [3.8, 4) is 0 Å². The van der Waals surface area contributed by atoms with E-state index in [2.05, 4.69) is 13.8 Å². The summed E-state index contributed by atoms with van der Waals surface area (Å²) in [5.41, 5.74) is 6.03. The van der Waals surface area contributed by atoms with E-state index in [1.165, 1.54) is 0 Å². The van der Waals surface area contributed by atoms with E-state index in [9.17, 15) is 4.79 Å². The number of carbonyl (C=O) groups excluding carboxylic acids is 1. The zero-order valence-electron chi connectivity index (χ0n) is 13.6. The first-order valence-corrected chi connectivity index (χ1v) is 7.96. The number of amides is 1. The molecular weight excluding hydrogens is 252 g/mol. The number of likely N-dealkylation sites (tertiary alicyclic amines) is 1. The molecule has 4 atom stereocenters. The lowest BCUT2D eigenvalue weighted by atomic mass is 9.50. The average molecular weight is 282 g/mol. The highest BCUT2D eigenvalue weighted by Gasteiger charge is 2.61. The summed E-state index contributed by atoms with van der Waals surface area (Å²) in [7, 11) is 0. The molecule has 1 amide bonds. The van der Waals surface area contributed by atoms with Crippen molar-refractivity contribution in [3.63, 3.8) is 0 Å². The maximum absolute atomic E-state index is 12.5. The maximum Gasteiger partial charge on any atom is 0.410 e. The monoisotopic (exact) mass is 282 g/mol. The molecule has 0 bridgehead atoms. The fourth-order valence-corrected chi connectivity index (χ4v) is 4.19. The lowest BCUT2D eigenvalue weighted by molar-refractivity contribution is -0.120. The van der Waals surface area contributed by atoms with Crippen LogP contribution in [0.2, 0.25) is 0 Å². The minimum absolute atomic E-state index is 0.0523. The summed E-state index contributed by atoms with van der Waals surface area (Å²) in [5, 5.41) is 0. The third kappa shape index (κ3) is 2.54. The molecule has 20 heavy (non-hydrogen) atoms. The van der Waals surface area contributed by atoms with Gasteiger partial charge in [-0.25, -0.2) is 4.79 Å². The van der Waals surface area contributed by atoms with E-state index in [1.807, 2.05) is 25.7 Å². The minimum atomic E-state index is -0.433. The van der Waals surface area contributed by atoms with Gasteiger partial charge in [-0.15, -0.1) is 0 Å². The van der Waals surface area contributed by atoms with Crippen molar-refractivity contribution in [1.82, 2.24) is 4.90 Å². The Labute approximate surface area is 123 Å². The second-order valence-corrected chi connectivity index (χ2v) is 7.71. The molecule has 2 rings (SSSR count). The molecule has 4 nitrogen and oxygen atoms in total. The molecule has 1 saturated heterocycles. The van der Waals surface area contributed by atoms with Gasteiger partial charge in [-0.1, -0.05) is 20.3 Å². The fourth-order valence-electron chi connectivity index (χ4n) is 4.19. The van der Waals surface area contributed by atoms with Crippen LogP contribution < -0.4 is 5.73 Å². The molecular formula is C16H30N2O2. The van der Waals surface area contributed by atoms with Crippen LogP contribution in [0.1, 0.15) is 60.3 Å². The zero-order chi connectivity index (χ0) is 15.1. The van der Waals surface area contributed by atoms with Crippen molar-refractivity contribution in [2.24, 2.45) is 17.1 Å². The van der Waals surface area contributed by atoms with Gasteiger partial charge in [0.05, 0.1) is 0 Å². The molecule has 2 aliphatic rings. The molecule has 2 N–H and O–H groups in total. The third-order valence-electron chi connectivity index (χ3n) is 4.99. The van der Waals surface area contributed by atoms with Crippen molar-refractivity contribution in [2.45, 2.75) is 78.0 Å². The van der Waals surface area contributed by atoms with Crippen molar-refractivity contribution in [2.75, 3.05) is 6.54 Å². The minimum Gasteiger partial charge on any atom is -0.444 e. The number of hydrogen-bond donors (Lipinski definition) is 1. The van der Waals surface area contributed by atoms with Gasteiger partial charge in [0.2, 0.25) is 0 Å². The Hall–Kier alpha value is -0.770. The van der Waals surface area contributed by atoms with E-state index in [4.69, 9.17) is 10.5 Å². The average Bonchev–Trinajstić information content (AvgIpc) is 2.35. The van der Waals surface area contributed by atoms with E-state index in [-0.39, 0.29) is 23.6 Å². The summed E-state index contributed by atoms with van der Waals surface area (Å²) in [6.07, 6.45) is 4.20. The number of nitrogens with zero attached hydrogens (tertiary/aromatic N) is 1. The van der Waals surface area contributed by atoms with Crippen LogP contribution in [-0.4, -0.2) is 35.2 Å². The van der Waals surface area contributed by atoms with Gasteiger partial charge in [0.15, 0.2) is 0 Å². The number of piperidine rings is 1. The Morgan fingerprint density at radius 1 is 1.45 bits per heavy atom. The summed E-state index contributed by atoms with van der Waals surface area (Å²) in [6, 6.07) is 0.485. The first-order chi connectivity index (χ1) is 9.20. The maximum atomic E-state index is 12.5. The Balaban J connectivity index is 2.15. The summed E-state index contributed by atoms with van der Waals surface area (Å²) < 4.78 is 5.58. The Bertz CT molecular complexity index is 377. The van der Waals surface area contributed by atoms with Crippen LogP contribution >= 0.6 is 0 Å². The van der Waals surface area contributed by atoms with Crippen molar-refractivity contribution < 1.29 is 9.53 Å². The van der Waals surface area contributed by atoms with Gasteiger partial charge >= 0.3 is 6.09 Å². The highest BCUT2D eigenvalue weighted by Crippen LogP contribution is 2.54. The lowest BCUT2D eigenvalue weighted by Crippen LogP contribution is -2.74. The van der Waals surface area contributed by atoms with Crippen LogP contribution in [0.5, 0.6) is 0 Å². The Kier molecular flexibility index (Phi) is 4.07. The molecule has 0 aromatic carbocycles. The second kappa shape index (κ2) is 5.21. The van der Waals surface area contributed by atoms with E-state index in [1.54, 1.807) is 0 Å². The molecule has 1 saturated carbocycles. The number of fused-ring (bicyclic) bond motifs is 1. The molecule has 1 aliphatic carbocycles. The molecule has 4 heteroatoms. The molecule has 1 aliphatic heterocycles. The Morgan fingerprint density at radius 3 is 2.65 bits per heavy atom. The van der Waals surface area contributed by atoms with Gasteiger partial charge in [0, 0.05) is 24.0 Å². The largest absolute Gasteiger partial charge is 0.444 e. The third-order valence-corrected chi connectivity index (χ3v) is 4.99. The van der Waals surface area contributed by atoms with Crippen molar-refractivity contribution in [1.29, 1.82) is 0 Å². The number of nitrogens with two attached hydrogens (primary N) is 1. The van der Waals surface area contributed by atoms with Crippen LogP contribution in [0.15, 0.2) is 0 Å². The number of ether oxygens (including phenoxy) is 1. The predicted octanol–water partition coefficient (Wildman–Crippen LogP) is 3.15. The molecule has 0 spiro atoms. The molecule has 0 aromatic heterocycles. The van der Waals surface area contributed by atoms with Crippen LogP contribution in [0.4, 0.5) is 4.79 Å². The molecule has 4 unspecified atom stereocenters. The van der Waals surface area contributed by atoms with E-state index >= 15 is 0 Å². The van der Waals surface area contributed by atoms with Gasteiger partial charge in [-0.05, 0) is 46.0 Å². The van der Waals surface area contributed by atoms with Crippen LogP contribution in [0.25, 0.3) is 0 Å². The molecule has 0 radical (unpaired) electrons. The highest BCUT2D eigenvalue weighted by molar-refractivity contribution is 5.69. The fraction of sp³-hybridized carbons (Fsp3) is 0.938. The van der Waals surface area contributed by atoms with Gasteiger partial charge < -0.3 is 15.4 Å². The molecule has 116 valence electrons. The summed E-state index contributed by atoms with van der Waals surface area (Å²) >= 11 is 0. The van der Waals surface area contributed by atoms with Crippen LogP contribution in [-0.2, 0) is 4.74 Å². The summed E-state index contributed by atoms with van der Waals surface area (Å²) in [6.45, 7) is 11.0. The lowest BCUT2D eigenvalue weighted by Gasteiger charge is -2.64. The summed E-state index contributed by atoms with van der Waals surface area (Å²) in [4.78, 5) is 14.4. The second-order valence-electron chi connectivity index (χ2n) is 7.71. The van der Waals surface area contributed by atoms with E-state index in [0.29, 0.717) is 5.92 Å². The standard InChI is InChI=1S/C16H30N2O2/c1-6-9-16(5)12(17)11-8-7-10-18(13(11)16)14(19)20-15(2,3)4/h11-13H,6-10,17H2,1-5H3. The van der Waals surface area contributed by atoms with Crippen LogP contribution in [0, 0.1) is 11.3 Å². The molecule has 0 aromatic rings. The van der Waals surface area contributed by atoms with Gasteiger partial charge in [0.25, 0.3) is 0 Å². The molecule has 2 fully saturated rings. The highest BCUT2D eigenvalue weighted by atomic mass is 16.6. The van der Waals surface area contributed by atoms with Crippen molar-refractivity contribution in [3.05, 3.63) is 0 Å². The van der Waals surface area contributed by atoms with Crippen molar-refractivity contribution >= 4 is 6.09 Å². The van der Waals surface area contributed by atoms with E-state index in [0.717, 1.165) is 32.2 Å². The summed E-state index contributed by atoms with van der Waals surface area (Å²) in [5.74, 6) is 0.452. The van der Waals surface area contributed by atoms with Gasteiger partial charge in [0.1, 0.15) is 5.60 Å². The van der Waals surface area contributed by atoms with E-state index < -0.39 is 5.60 Å². The topological polar surface area (TPSA) is 55.6 Å². The van der Waals surface area contributed by atoms with Crippen LogP contribution in [0.3, 0.4) is 0 Å². The quantitative estimate of drug-likeness (QED) is 0.846. The Morgan fingerprint density at radius 2 is 2.10 bits per heavy atom.